The maximum absolute atomic E-state index is 9.21. The number of aliphatic hydroxyl groups excluding tert-OH is 1. The fourth-order valence-electron chi connectivity index (χ4n) is 1.41. The molecule has 1 rings (SSSR count). The van der Waals surface area contributed by atoms with Gasteiger partial charge < -0.3 is 14.8 Å². The summed E-state index contributed by atoms with van der Waals surface area (Å²) in [6.45, 7) is 2.23. The lowest BCUT2D eigenvalue weighted by Crippen LogP contribution is -2.43. The van der Waals surface area contributed by atoms with Gasteiger partial charge in [0.05, 0.1) is 18.6 Å². The number of aliphatic hydroxyl groups is 1. The highest BCUT2D eigenvalue weighted by molar-refractivity contribution is 7.98. The van der Waals surface area contributed by atoms with E-state index >= 15 is 0 Å². The van der Waals surface area contributed by atoms with E-state index in [2.05, 4.69) is 5.32 Å². The summed E-state index contributed by atoms with van der Waals surface area (Å²) in [4.78, 5) is 0. The van der Waals surface area contributed by atoms with Crippen LogP contribution in [0.15, 0.2) is 22.8 Å². The van der Waals surface area contributed by atoms with E-state index in [0.717, 1.165) is 30.1 Å². The van der Waals surface area contributed by atoms with Crippen molar-refractivity contribution in [1.82, 2.24) is 5.32 Å². The lowest BCUT2D eigenvalue weighted by molar-refractivity contribution is 0.173. The third-order valence-electron chi connectivity index (χ3n) is 2.79. The first kappa shape index (κ1) is 13.6. The van der Waals surface area contributed by atoms with Crippen molar-refractivity contribution >= 4 is 11.8 Å². The Bertz CT molecular complexity index is 271. The van der Waals surface area contributed by atoms with Crippen LogP contribution in [0.4, 0.5) is 0 Å². The van der Waals surface area contributed by atoms with Gasteiger partial charge in [0, 0.05) is 5.54 Å². The third kappa shape index (κ3) is 4.60. The fraction of sp³-hybridized carbons (Fsp3) is 0.667. The Labute approximate surface area is 102 Å². The molecule has 1 atom stereocenters. The van der Waals surface area contributed by atoms with E-state index in [1.807, 2.05) is 37.9 Å². The van der Waals surface area contributed by atoms with Gasteiger partial charge in [-0.15, -0.1) is 0 Å². The average Bonchev–Trinajstić information content (AvgIpc) is 2.81. The highest BCUT2D eigenvalue weighted by Gasteiger charge is 2.19. The second-order valence-electron chi connectivity index (χ2n) is 4.20. The molecule has 0 fully saturated rings. The van der Waals surface area contributed by atoms with E-state index in [4.69, 9.17) is 4.42 Å². The van der Waals surface area contributed by atoms with Gasteiger partial charge in [0.2, 0.25) is 0 Å². The molecule has 2 N–H and O–H groups in total. The van der Waals surface area contributed by atoms with Gasteiger partial charge in [0.1, 0.15) is 5.76 Å². The fourth-order valence-corrected chi connectivity index (χ4v) is 2.27. The predicted octanol–water partition coefficient (Wildman–Crippen LogP) is 2.26. The van der Waals surface area contributed by atoms with Crippen LogP contribution < -0.4 is 5.32 Å². The van der Waals surface area contributed by atoms with Crippen LogP contribution in [0.2, 0.25) is 0 Å². The summed E-state index contributed by atoms with van der Waals surface area (Å²) in [5.41, 5.74) is -0.134. The molecule has 0 radical (unpaired) electrons. The van der Waals surface area contributed by atoms with E-state index in [0.29, 0.717) is 0 Å². The third-order valence-corrected chi connectivity index (χ3v) is 3.86. The molecule has 0 aliphatic rings. The van der Waals surface area contributed by atoms with Gasteiger partial charge >= 0.3 is 0 Å². The quantitative estimate of drug-likeness (QED) is 0.688. The number of furan rings is 1. The monoisotopic (exact) mass is 243 g/mol. The molecule has 0 amide bonds. The van der Waals surface area contributed by atoms with Crippen molar-refractivity contribution in [3.8, 4) is 0 Å². The molecule has 92 valence electrons. The number of hydrogen-bond acceptors (Lipinski definition) is 4. The summed E-state index contributed by atoms with van der Waals surface area (Å²) in [5, 5.41) is 12.4. The second-order valence-corrected chi connectivity index (χ2v) is 5.31. The van der Waals surface area contributed by atoms with Crippen LogP contribution in [0.3, 0.4) is 0 Å². The topological polar surface area (TPSA) is 45.4 Å². The minimum atomic E-state index is -0.134. The van der Waals surface area contributed by atoms with Gasteiger partial charge in [0.15, 0.2) is 0 Å². The first-order chi connectivity index (χ1) is 7.70. The van der Waals surface area contributed by atoms with Crippen LogP contribution in [0.25, 0.3) is 0 Å². The molecule has 0 bridgehead atoms. The Balaban J connectivity index is 2.08. The van der Waals surface area contributed by atoms with Crippen LogP contribution in [-0.4, -0.2) is 30.1 Å². The number of thioether (sulfide) groups is 1. The molecule has 1 unspecified atom stereocenters. The van der Waals surface area contributed by atoms with Gasteiger partial charge in [-0.05, 0) is 44.7 Å². The number of rotatable bonds is 8. The summed E-state index contributed by atoms with van der Waals surface area (Å²) in [5.74, 6) is 3.06. The van der Waals surface area contributed by atoms with E-state index < -0.39 is 0 Å². The molecule has 0 aliphatic carbocycles. The lowest BCUT2D eigenvalue weighted by atomic mass is 9.98. The minimum Gasteiger partial charge on any atom is -0.468 e. The average molecular weight is 243 g/mol. The standard InChI is InChI=1S/C12H21NO2S/c1-12(10-14,13-2)6-4-8-16-9-11-5-3-7-15-11/h3,5,7,13-14H,4,6,8-10H2,1-2H3. The molecule has 0 spiro atoms. The zero-order chi connectivity index (χ0) is 11.9. The van der Waals surface area contributed by atoms with Crippen molar-refractivity contribution in [2.75, 3.05) is 19.4 Å². The molecule has 0 aromatic carbocycles. The zero-order valence-electron chi connectivity index (χ0n) is 10.0. The number of nitrogens with one attached hydrogen (secondary N) is 1. The maximum atomic E-state index is 9.21. The zero-order valence-corrected chi connectivity index (χ0v) is 10.8. The summed E-state index contributed by atoms with van der Waals surface area (Å²) >= 11 is 1.87. The van der Waals surface area contributed by atoms with E-state index in [1.54, 1.807) is 6.26 Å². The Morgan fingerprint density at radius 1 is 1.56 bits per heavy atom. The summed E-state index contributed by atoms with van der Waals surface area (Å²) in [6, 6.07) is 3.91. The van der Waals surface area contributed by atoms with Crippen molar-refractivity contribution < 1.29 is 9.52 Å². The summed E-state index contributed by atoms with van der Waals surface area (Å²) in [6.07, 6.45) is 3.80. The van der Waals surface area contributed by atoms with Crippen LogP contribution in [-0.2, 0) is 5.75 Å². The molecule has 16 heavy (non-hydrogen) atoms. The van der Waals surface area contributed by atoms with Crippen molar-refractivity contribution in [2.24, 2.45) is 0 Å². The second kappa shape index (κ2) is 6.99. The molecular weight excluding hydrogens is 222 g/mol. The van der Waals surface area contributed by atoms with Crippen molar-refractivity contribution in [1.29, 1.82) is 0 Å². The summed E-state index contributed by atoms with van der Waals surface area (Å²) < 4.78 is 5.25. The normalized spacial score (nSPS) is 14.9. The predicted molar refractivity (Wildman–Crippen MR) is 68.7 cm³/mol. The van der Waals surface area contributed by atoms with E-state index in [9.17, 15) is 5.11 Å². The Morgan fingerprint density at radius 3 is 2.94 bits per heavy atom. The first-order valence-electron chi connectivity index (χ1n) is 5.60. The van der Waals surface area contributed by atoms with Gasteiger partial charge in [-0.3, -0.25) is 0 Å². The minimum absolute atomic E-state index is 0.134. The SMILES string of the molecule is CNC(C)(CO)CCCSCc1ccco1. The van der Waals surface area contributed by atoms with Gasteiger partial charge in [-0.2, -0.15) is 11.8 Å². The molecule has 1 aromatic rings. The van der Waals surface area contributed by atoms with Gasteiger partial charge in [-0.25, -0.2) is 0 Å². The maximum Gasteiger partial charge on any atom is 0.113 e. The Morgan fingerprint density at radius 2 is 2.38 bits per heavy atom. The molecular formula is C12H21NO2S. The molecule has 0 saturated heterocycles. The number of likely N-dealkylation sites (N-methyl/N-ethyl adjacent to an activating group) is 1. The number of hydrogen-bond donors (Lipinski definition) is 2. The molecule has 1 aromatic heterocycles. The lowest BCUT2D eigenvalue weighted by Gasteiger charge is -2.26. The van der Waals surface area contributed by atoms with Crippen molar-refractivity contribution in [3.05, 3.63) is 24.2 Å². The van der Waals surface area contributed by atoms with Crippen LogP contribution >= 0.6 is 11.8 Å². The molecule has 3 nitrogen and oxygen atoms in total. The molecule has 0 saturated carbocycles. The van der Waals surface area contributed by atoms with Crippen LogP contribution in [0, 0.1) is 0 Å². The largest absolute Gasteiger partial charge is 0.468 e. The van der Waals surface area contributed by atoms with E-state index in [-0.39, 0.29) is 12.1 Å². The van der Waals surface area contributed by atoms with Crippen LogP contribution in [0.5, 0.6) is 0 Å². The van der Waals surface area contributed by atoms with Gasteiger partial charge in [-0.1, -0.05) is 0 Å². The van der Waals surface area contributed by atoms with Crippen molar-refractivity contribution in [3.63, 3.8) is 0 Å². The van der Waals surface area contributed by atoms with Crippen molar-refractivity contribution in [2.45, 2.75) is 31.1 Å². The van der Waals surface area contributed by atoms with E-state index in [1.165, 1.54) is 0 Å². The first-order valence-corrected chi connectivity index (χ1v) is 6.75. The van der Waals surface area contributed by atoms with Crippen LogP contribution in [0.1, 0.15) is 25.5 Å². The highest BCUT2D eigenvalue weighted by atomic mass is 32.2. The summed E-state index contributed by atoms with van der Waals surface area (Å²) in [7, 11) is 1.90. The molecule has 0 aliphatic heterocycles. The Kier molecular flexibility index (Phi) is 5.95. The smallest absolute Gasteiger partial charge is 0.113 e. The van der Waals surface area contributed by atoms with Gasteiger partial charge in [0.25, 0.3) is 0 Å². The molecule has 1 heterocycles. The highest BCUT2D eigenvalue weighted by Crippen LogP contribution is 2.17. The Hall–Kier alpha value is -0.450. The molecule has 4 heteroatoms.